The van der Waals surface area contributed by atoms with E-state index in [2.05, 4.69) is 22.2 Å². The molecule has 1 heterocycles. The molecule has 1 aromatic heterocycles. The zero-order chi connectivity index (χ0) is 8.39. The second kappa shape index (κ2) is 3.15. The summed E-state index contributed by atoms with van der Waals surface area (Å²) in [6.45, 7) is 0. The molecule has 0 N–H and O–H groups in total. The number of hydrogen-bond donors (Lipinski definition) is 0. The maximum absolute atomic E-state index is 4.86. The van der Waals surface area contributed by atoms with Crippen molar-refractivity contribution in [1.29, 1.82) is 0 Å². The Bertz CT molecular complexity index is 348. The van der Waals surface area contributed by atoms with Crippen molar-refractivity contribution in [3.05, 3.63) is 47.3 Å². The van der Waals surface area contributed by atoms with E-state index in [9.17, 15) is 0 Å². The first-order valence-corrected chi connectivity index (χ1v) is 4.37. The van der Waals surface area contributed by atoms with Crippen LogP contribution >= 0.6 is 15.9 Å². The maximum Gasteiger partial charge on any atom is 0.177 e. The Balaban J connectivity index is 2.43. The average molecular weight is 222 g/mol. The van der Waals surface area contributed by atoms with Gasteiger partial charge in [-0.3, -0.25) is 0 Å². The number of hydrogen-bond acceptors (Lipinski definition) is 1. The molecule has 0 atom stereocenters. The summed E-state index contributed by atoms with van der Waals surface area (Å²) in [4.78, 5) is 0. The second-order valence-electron chi connectivity index (χ2n) is 2.44. The van der Waals surface area contributed by atoms with Gasteiger partial charge in [0.2, 0.25) is 0 Å². The van der Waals surface area contributed by atoms with Crippen LogP contribution in [0.25, 0.3) is 11.1 Å². The zero-order valence-corrected chi connectivity index (χ0v) is 7.84. The average Bonchev–Trinajstić information content (AvgIpc) is 2.58. The Hall–Kier alpha value is -1.02. The van der Waals surface area contributed by atoms with Crippen LogP contribution in [-0.2, 0) is 0 Å². The topological polar surface area (TPSA) is 13.1 Å². The molecule has 2 heteroatoms. The van der Waals surface area contributed by atoms with Crippen LogP contribution in [0.4, 0.5) is 0 Å². The lowest BCUT2D eigenvalue weighted by Crippen LogP contribution is -1.71. The summed E-state index contributed by atoms with van der Waals surface area (Å²) < 4.78 is 5.94. The number of rotatable bonds is 1. The lowest BCUT2D eigenvalue weighted by atomic mass is 10.1. The van der Waals surface area contributed by atoms with Crippen LogP contribution in [0.3, 0.4) is 0 Å². The first-order chi connectivity index (χ1) is 5.86. The van der Waals surface area contributed by atoms with Gasteiger partial charge in [0.05, 0.1) is 6.26 Å². The highest BCUT2D eigenvalue weighted by Gasteiger charge is 1.97. The summed E-state index contributed by atoms with van der Waals surface area (Å²) in [7, 11) is 0. The molecule has 0 amide bonds. The van der Waals surface area contributed by atoms with Gasteiger partial charge in [0, 0.05) is 10.0 Å². The zero-order valence-electron chi connectivity index (χ0n) is 6.25. The maximum atomic E-state index is 4.86. The number of benzene rings is 1. The smallest absolute Gasteiger partial charge is 0.177 e. The minimum atomic E-state index is 0.988. The second-order valence-corrected chi connectivity index (χ2v) is 3.36. The Morgan fingerprint density at radius 3 is 2.42 bits per heavy atom. The van der Waals surface area contributed by atoms with Gasteiger partial charge in [0.25, 0.3) is 0 Å². The van der Waals surface area contributed by atoms with E-state index in [-0.39, 0.29) is 0 Å². The summed E-state index contributed by atoms with van der Waals surface area (Å²) in [6.07, 6.45) is 4.40. The molecule has 0 bridgehead atoms. The van der Waals surface area contributed by atoms with Crippen molar-refractivity contribution in [3.8, 4) is 11.1 Å². The SMILES string of the molecule is Brc1ccc(-c2[c]occ2)cc1. The third-order valence-corrected chi connectivity index (χ3v) is 2.16. The number of halogens is 1. The van der Waals surface area contributed by atoms with Crippen LogP contribution < -0.4 is 0 Å². The molecule has 2 rings (SSSR count). The summed E-state index contributed by atoms with van der Waals surface area (Å²) in [5.41, 5.74) is 2.11. The molecular formula is C10H6BrO. The largest absolute Gasteiger partial charge is 0.460 e. The normalized spacial score (nSPS) is 10.1. The highest BCUT2D eigenvalue weighted by atomic mass is 79.9. The Labute approximate surface area is 79.2 Å². The predicted molar refractivity (Wildman–Crippen MR) is 50.7 cm³/mol. The van der Waals surface area contributed by atoms with E-state index in [1.807, 2.05) is 30.3 Å². The summed E-state index contributed by atoms with van der Waals surface area (Å²) >= 11 is 3.38. The van der Waals surface area contributed by atoms with Crippen LogP contribution in [0.2, 0.25) is 0 Å². The fourth-order valence-corrected chi connectivity index (χ4v) is 1.28. The monoisotopic (exact) mass is 221 g/mol. The molecule has 0 spiro atoms. The van der Waals surface area contributed by atoms with Crippen LogP contribution in [0.15, 0.2) is 45.5 Å². The molecule has 0 unspecified atom stereocenters. The van der Waals surface area contributed by atoms with Gasteiger partial charge in [0.1, 0.15) is 0 Å². The summed E-state index contributed by atoms with van der Waals surface area (Å²) in [5, 5.41) is 0. The highest BCUT2D eigenvalue weighted by molar-refractivity contribution is 9.10. The fourth-order valence-electron chi connectivity index (χ4n) is 1.02. The van der Waals surface area contributed by atoms with Crippen molar-refractivity contribution < 1.29 is 4.42 Å². The number of furan rings is 1. The van der Waals surface area contributed by atoms with Crippen molar-refractivity contribution in [2.24, 2.45) is 0 Å². The van der Waals surface area contributed by atoms with Gasteiger partial charge in [-0.25, -0.2) is 0 Å². The van der Waals surface area contributed by atoms with Gasteiger partial charge >= 0.3 is 0 Å². The fraction of sp³-hybridized carbons (Fsp3) is 0. The summed E-state index contributed by atoms with van der Waals surface area (Å²) in [5.74, 6) is 0. The van der Waals surface area contributed by atoms with Crippen molar-refractivity contribution in [1.82, 2.24) is 0 Å². The Morgan fingerprint density at radius 2 is 1.83 bits per heavy atom. The highest BCUT2D eigenvalue weighted by Crippen LogP contribution is 2.21. The van der Waals surface area contributed by atoms with E-state index in [0.29, 0.717) is 0 Å². The van der Waals surface area contributed by atoms with Gasteiger partial charge in [-0.2, -0.15) is 0 Å². The molecule has 0 saturated carbocycles. The Kier molecular flexibility index (Phi) is 2.00. The third kappa shape index (κ3) is 1.43. The van der Waals surface area contributed by atoms with E-state index < -0.39 is 0 Å². The quantitative estimate of drug-likeness (QED) is 0.719. The van der Waals surface area contributed by atoms with Gasteiger partial charge in [-0.1, -0.05) is 28.1 Å². The molecule has 12 heavy (non-hydrogen) atoms. The predicted octanol–water partition coefficient (Wildman–Crippen LogP) is 3.51. The molecule has 0 aliphatic heterocycles. The van der Waals surface area contributed by atoms with E-state index in [4.69, 9.17) is 4.42 Å². The van der Waals surface area contributed by atoms with E-state index in [0.717, 1.165) is 15.6 Å². The minimum Gasteiger partial charge on any atom is -0.460 e. The van der Waals surface area contributed by atoms with Crippen molar-refractivity contribution in [2.45, 2.75) is 0 Å². The molecule has 1 nitrogen and oxygen atoms in total. The molecule has 0 saturated heterocycles. The van der Waals surface area contributed by atoms with Crippen LogP contribution in [0.1, 0.15) is 0 Å². The van der Waals surface area contributed by atoms with Gasteiger partial charge in [0.15, 0.2) is 6.26 Å². The Morgan fingerprint density at radius 1 is 1.08 bits per heavy atom. The minimum absolute atomic E-state index is 0.988. The van der Waals surface area contributed by atoms with Crippen LogP contribution in [0.5, 0.6) is 0 Å². The van der Waals surface area contributed by atoms with Gasteiger partial charge in [-0.05, 0) is 23.8 Å². The third-order valence-electron chi connectivity index (χ3n) is 1.63. The molecule has 1 aromatic carbocycles. The van der Waals surface area contributed by atoms with E-state index in [1.54, 1.807) is 6.26 Å². The van der Waals surface area contributed by atoms with Crippen molar-refractivity contribution >= 4 is 15.9 Å². The molecule has 0 fully saturated rings. The standard InChI is InChI=1S/C10H6BrO/c11-10-3-1-8(2-4-10)9-5-6-12-7-9/h1-6H. The van der Waals surface area contributed by atoms with Gasteiger partial charge < -0.3 is 4.42 Å². The lowest BCUT2D eigenvalue weighted by Gasteiger charge is -1.94. The van der Waals surface area contributed by atoms with Crippen LogP contribution in [0, 0.1) is 6.26 Å². The van der Waals surface area contributed by atoms with Crippen molar-refractivity contribution in [2.75, 3.05) is 0 Å². The van der Waals surface area contributed by atoms with Gasteiger partial charge in [-0.15, -0.1) is 0 Å². The first kappa shape index (κ1) is 7.62. The van der Waals surface area contributed by atoms with E-state index in [1.165, 1.54) is 0 Å². The molecule has 0 aliphatic rings. The molecule has 2 aromatic rings. The lowest BCUT2D eigenvalue weighted by molar-refractivity contribution is 0.559. The van der Waals surface area contributed by atoms with E-state index >= 15 is 0 Å². The summed E-state index contributed by atoms with van der Waals surface area (Å²) in [6, 6.07) is 9.92. The molecule has 59 valence electrons. The van der Waals surface area contributed by atoms with Crippen LogP contribution in [-0.4, -0.2) is 0 Å². The molecular weight excluding hydrogens is 216 g/mol. The molecule has 1 radical (unpaired) electrons. The first-order valence-electron chi connectivity index (χ1n) is 3.57. The van der Waals surface area contributed by atoms with Crippen molar-refractivity contribution in [3.63, 3.8) is 0 Å². The molecule has 0 aliphatic carbocycles.